The molecular weight excluding hydrogens is 277 g/mol. The zero-order valence-corrected chi connectivity index (χ0v) is 11.2. The first-order valence-corrected chi connectivity index (χ1v) is 6.61. The lowest BCUT2D eigenvalue weighted by molar-refractivity contribution is -0.145. The SMILES string of the molecule is Cc1ccc(F)c(NC(=O)[C@@H]2[C@@H](C(=O)O)[C@H]3C=C[C@@H]2O3)c1. The number of hydrogen-bond donors (Lipinski definition) is 2. The highest BCUT2D eigenvalue weighted by Crippen LogP contribution is 2.40. The molecule has 0 spiro atoms. The predicted molar refractivity (Wildman–Crippen MR) is 72.2 cm³/mol. The lowest BCUT2D eigenvalue weighted by atomic mass is 9.82. The molecule has 1 amide bonds. The van der Waals surface area contributed by atoms with E-state index in [1.807, 2.05) is 0 Å². The standard InChI is InChI=1S/C15H14FNO4/c1-7-2-3-8(16)9(6-7)17-14(18)12-10-4-5-11(21-10)13(12)15(19)20/h2-6,10-13H,1H3,(H,17,18)(H,19,20)/t10-,11+,12-,13-/m0/s1. The summed E-state index contributed by atoms with van der Waals surface area (Å²) >= 11 is 0. The summed E-state index contributed by atoms with van der Waals surface area (Å²) in [4.78, 5) is 23.6. The number of carbonyl (C=O) groups is 2. The summed E-state index contributed by atoms with van der Waals surface area (Å²) in [5.41, 5.74) is 0.849. The third-order valence-corrected chi connectivity index (χ3v) is 3.87. The van der Waals surface area contributed by atoms with E-state index in [1.54, 1.807) is 25.1 Å². The Hall–Kier alpha value is -2.21. The Bertz CT molecular complexity index is 643. The van der Waals surface area contributed by atoms with Crippen LogP contribution in [0.4, 0.5) is 10.1 Å². The third kappa shape index (κ3) is 2.31. The molecule has 5 nitrogen and oxygen atoms in total. The normalized spacial score (nSPS) is 29.6. The van der Waals surface area contributed by atoms with Gasteiger partial charge < -0.3 is 15.2 Å². The fraction of sp³-hybridized carbons (Fsp3) is 0.333. The molecule has 0 unspecified atom stereocenters. The highest BCUT2D eigenvalue weighted by Gasteiger charge is 2.53. The van der Waals surface area contributed by atoms with E-state index >= 15 is 0 Å². The van der Waals surface area contributed by atoms with Gasteiger partial charge in [0.25, 0.3) is 0 Å². The minimum absolute atomic E-state index is 0.0518. The molecule has 1 aromatic rings. The number of carboxylic acid groups (broad SMARTS) is 1. The average molecular weight is 291 g/mol. The van der Waals surface area contributed by atoms with E-state index in [4.69, 9.17) is 4.74 Å². The van der Waals surface area contributed by atoms with E-state index in [0.717, 1.165) is 5.56 Å². The summed E-state index contributed by atoms with van der Waals surface area (Å²) in [6, 6.07) is 4.36. The fourth-order valence-corrected chi connectivity index (χ4v) is 2.87. The van der Waals surface area contributed by atoms with Crippen molar-refractivity contribution in [3.63, 3.8) is 0 Å². The van der Waals surface area contributed by atoms with Gasteiger partial charge in [0.05, 0.1) is 23.8 Å². The first-order valence-electron chi connectivity index (χ1n) is 6.61. The monoisotopic (exact) mass is 291 g/mol. The number of ether oxygens (including phenoxy) is 1. The zero-order chi connectivity index (χ0) is 15.1. The van der Waals surface area contributed by atoms with Crippen LogP contribution in [-0.2, 0) is 14.3 Å². The molecule has 1 saturated heterocycles. The summed E-state index contributed by atoms with van der Waals surface area (Å²) in [5.74, 6) is -3.97. The smallest absolute Gasteiger partial charge is 0.310 e. The lowest BCUT2D eigenvalue weighted by Crippen LogP contribution is -2.39. The maximum absolute atomic E-state index is 13.7. The first-order chi connectivity index (χ1) is 9.97. The molecule has 3 rings (SSSR count). The number of amides is 1. The van der Waals surface area contributed by atoms with Crippen LogP contribution in [-0.4, -0.2) is 29.2 Å². The molecule has 6 heteroatoms. The molecule has 2 heterocycles. The maximum Gasteiger partial charge on any atom is 0.310 e. The van der Waals surface area contributed by atoms with Crippen molar-refractivity contribution in [1.82, 2.24) is 0 Å². The number of nitrogens with one attached hydrogen (secondary N) is 1. The van der Waals surface area contributed by atoms with Gasteiger partial charge in [0.15, 0.2) is 0 Å². The highest BCUT2D eigenvalue weighted by atomic mass is 19.1. The van der Waals surface area contributed by atoms with Gasteiger partial charge >= 0.3 is 5.97 Å². The topological polar surface area (TPSA) is 75.6 Å². The number of aryl methyl sites for hydroxylation is 1. The van der Waals surface area contributed by atoms with Gasteiger partial charge in [-0.05, 0) is 24.6 Å². The molecule has 2 N–H and O–H groups in total. The molecule has 2 aliphatic heterocycles. The molecule has 0 radical (unpaired) electrons. The minimum atomic E-state index is -1.09. The summed E-state index contributed by atoms with van der Waals surface area (Å²) in [5, 5.41) is 11.7. The number of rotatable bonds is 3. The Morgan fingerprint density at radius 3 is 2.57 bits per heavy atom. The van der Waals surface area contributed by atoms with Gasteiger partial charge in [0.1, 0.15) is 11.7 Å². The van der Waals surface area contributed by atoms with Crippen LogP contribution in [0.1, 0.15) is 5.56 Å². The van der Waals surface area contributed by atoms with Crippen molar-refractivity contribution in [3.05, 3.63) is 41.7 Å². The van der Waals surface area contributed by atoms with Gasteiger partial charge in [-0.2, -0.15) is 0 Å². The van der Waals surface area contributed by atoms with Crippen LogP contribution in [0.5, 0.6) is 0 Å². The van der Waals surface area contributed by atoms with Crippen LogP contribution in [0, 0.1) is 24.6 Å². The van der Waals surface area contributed by atoms with Crippen molar-refractivity contribution >= 4 is 17.6 Å². The van der Waals surface area contributed by atoms with Gasteiger partial charge in [0, 0.05) is 0 Å². The van der Waals surface area contributed by atoms with Crippen LogP contribution in [0.25, 0.3) is 0 Å². The Morgan fingerprint density at radius 2 is 1.90 bits per heavy atom. The van der Waals surface area contributed by atoms with Crippen molar-refractivity contribution in [2.45, 2.75) is 19.1 Å². The van der Waals surface area contributed by atoms with Crippen LogP contribution in [0.3, 0.4) is 0 Å². The number of anilines is 1. The van der Waals surface area contributed by atoms with E-state index in [1.165, 1.54) is 12.1 Å². The van der Waals surface area contributed by atoms with E-state index < -0.39 is 41.7 Å². The number of benzene rings is 1. The average Bonchev–Trinajstić information content (AvgIpc) is 3.03. The first kappa shape index (κ1) is 13.8. The molecule has 110 valence electrons. The van der Waals surface area contributed by atoms with E-state index in [0.29, 0.717) is 0 Å². The molecule has 0 aromatic heterocycles. The molecule has 1 fully saturated rings. The second-order valence-corrected chi connectivity index (χ2v) is 5.31. The van der Waals surface area contributed by atoms with Crippen LogP contribution >= 0.6 is 0 Å². The number of aliphatic carboxylic acids is 1. The van der Waals surface area contributed by atoms with E-state index in [2.05, 4.69) is 5.32 Å². The molecule has 1 aromatic carbocycles. The zero-order valence-electron chi connectivity index (χ0n) is 11.2. The van der Waals surface area contributed by atoms with E-state index in [-0.39, 0.29) is 5.69 Å². The number of carboxylic acids is 1. The Kier molecular flexibility index (Phi) is 3.25. The Labute approximate surface area is 120 Å². The minimum Gasteiger partial charge on any atom is -0.481 e. The predicted octanol–water partition coefficient (Wildman–Crippen LogP) is 1.73. The van der Waals surface area contributed by atoms with Crippen LogP contribution in [0.2, 0.25) is 0 Å². The second-order valence-electron chi connectivity index (χ2n) is 5.31. The molecule has 4 atom stereocenters. The summed E-state index contributed by atoms with van der Waals surface area (Å²) in [6.07, 6.45) is 2.18. The van der Waals surface area contributed by atoms with Crippen molar-refractivity contribution in [3.8, 4) is 0 Å². The fourth-order valence-electron chi connectivity index (χ4n) is 2.87. The number of hydrogen-bond acceptors (Lipinski definition) is 3. The Balaban J connectivity index is 1.83. The van der Waals surface area contributed by atoms with Crippen molar-refractivity contribution in [1.29, 1.82) is 0 Å². The van der Waals surface area contributed by atoms with Crippen molar-refractivity contribution in [2.75, 3.05) is 5.32 Å². The molecule has 0 aliphatic carbocycles. The highest BCUT2D eigenvalue weighted by molar-refractivity contribution is 5.96. The summed E-state index contributed by atoms with van der Waals surface area (Å²) < 4.78 is 19.1. The molecular formula is C15H14FNO4. The van der Waals surface area contributed by atoms with Gasteiger partial charge in [-0.15, -0.1) is 0 Å². The number of carbonyl (C=O) groups excluding carboxylic acids is 1. The molecule has 2 aliphatic rings. The molecule has 2 bridgehead atoms. The molecule has 21 heavy (non-hydrogen) atoms. The number of halogens is 1. The summed E-state index contributed by atoms with van der Waals surface area (Å²) in [6.45, 7) is 1.78. The van der Waals surface area contributed by atoms with Gasteiger partial charge in [-0.1, -0.05) is 18.2 Å². The van der Waals surface area contributed by atoms with Gasteiger partial charge in [0.2, 0.25) is 5.91 Å². The van der Waals surface area contributed by atoms with Crippen molar-refractivity contribution < 1.29 is 23.8 Å². The maximum atomic E-state index is 13.7. The Morgan fingerprint density at radius 1 is 1.24 bits per heavy atom. The second kappa shape index (κ2) is 4.96. The van der Waals surface area contributed by atoms with Gasteiger partial charge in [-0.3, -0.25) is 9.59 Å². The van der Waals surface area contributed by atoms with Crippen LogP contribution < -0.4 is 5.32 Å². The third-order valence-electron chi connectivity index (χ3n) is 3.87. The van der Waals surface area contributed by atoms with Gasteiger partial charge in [-0.25, -0.2) is 4.39 Å². The van der Waals surface area contributed by atoms with Crippen molar-refractivity contribution in [2.24, 2.45) is 11.8 Å². The lowest BCUT2D eigenvalue weighted by Gasteiger charge is -2.21. The number of fused-ring (bicyclic) bond motifs is 2. The molecule has 0 saturated carbocycles. The van der Waals surface area contributed by atoms with E-state index in [9.17, 15) is 19.1 Å². The quantitative estimate of drug-likeness (QED) is 0.832. The summed E-state index contributed by atoms with van der Waals surface area (Å²) in [7, 11) is 0. The largest absolute Gasteiger partial charge is 0.481 e. The van der Waals surface area contributed by atoms with Crippen LogP contribution in [0.15, 0.2) is 30.4 Å².